The van der Waals surface area contributed by atoms with Crippen molar-refractivity contribution in [2.24, 2.45) is 0 Å². The molecule has 0 aliphatic rings. The number of carbonyl (C=O) groups is 1. The molecule has 0 atom stereocenters. The summed E-state index contributed by atoms with van der Waals surface area (Å²) < 4.78 is 6.60. The van der Waals surface area contributed by atoms with E-state index in [4.69, 9.17) is 15.6 Å². The van der Waals surface area contributed by atoms with Crippen LogP contribution in [0.5, 0.6) is 5.75 Å². The zero-order valence-electron chi connectivity index (χ0n) is 9.99. The Labute approximate surface area is 103 Å². The van der Waals surface area contributed by atoms with E-state index >= 15 is 0 Å². The molecule has 0 aliphatic carbocycles. The summed E-state index contributed by atoms with van der Waals surface area (Å²) >= 11 is 0. The first kappa shape index (κ1) is 12.0. The number of fused-ring (bicyclic) bond motifs is 1. The third-order valence-corrected chi connectivity index (χ3v) is 2.43. The maximum atomic E-state index is 10.7. The lowest BCUT2D eigenvalue weighted by atomic mass is 10.4. The number of carboxylic acids is 1. The highest BCUT2D eigenvalue weighted by atomic mass is 16.5. The van der Waals surface area contributed by atoms with E-state index in [1.807, 2.05) is 0 Å². The minimum absolute atomic E-state index is 0.101. The number of ether oxygens (including phenoxy) is 1. The van der Waals surface area contributed by atoms with Crippen molar-refractivity contribution >= 4 is 23.4 Å². The van der Waals surface area contributed by atoms with Crippen LogP contribution in [-0.2, 0) is 4.79 Å². The number of anilines is 2. The number of hydrogen-bond donors (Lipinski definition) is 2. The number of aliphatic carboxylic acids is 1. The molecule has 8 nitrogen and oxygen atoms in total. The second-order valence-corrected chi connectivity index (χ2v) is 3.72. The van der Waals surface area contributed by atoms with E-state index in [0.717, 1.165) is 0 Å². The van der Waals surface area contributed by atoms with Crippen LogP contribution in [0, 0.1) is 0 Å². The molecule has 0 saturated carbocycles. The van der Waals surface area contributed by atoms with Crippen molar-refractivity contribution in [1.82, 2.24) is 14.6 Å². The van der Waals surface area contributed by atoms with Crippen molar-refractivity contribution in [2.75, 3.05) is 31.3 Å². The molecule has 0 aromatic carbocycles. The average molecular weight is 251 g/mol. The number of methoxy groups -OCH3 is 1. The van der Waals surface area contributed by atoms with Gasteiger partial charge in [0, 0.05) is 7.05 Å². The number of nitrogens with two attached hydrogens (primary N) is 1. The first-order valence-corrected chi connectivity index (χ1v) is 5.15. The fraction of sp³-hybridized carbons (Fsp3) is 0.300. The topological polar surface area (TPSA) is 106 Å². The fourth-order valence-corrected chi connectivity index (χ4v) is 1.67. The van der Waals surface area contributed by atoms with E-state index in [9.17, 15) is 4.79 Å². The molecule has 18 heavy (non-hydrogen) atoms. The Bertz CT molecular complexity index is 594. The highest BCUT2D eigenvalue weighted by molar-refractivity contribution is 5.73. The van der Waals surface area contributed by atoms with Gasteiger partial charge in [0.1, 0.15) is 12.4 Å². The molecular formula is C10H13N5O3. The molecule has 2 rings (SSSR count). The lowest BCUT2D eigenvalue weighted by molar-refractivity contribution is -0.135. The number of hydrogen-bond acceptors (Lipinski definition) is 6. The van der Waals surface area contributed by atoms with Gasteiger partial charge in [0.2, 0.25) is 11.6 Å². The number of pyridine rings is 1. The molecule has 96 valence electrons. The van der Waals surface area contributed by atoms with Crippen LogP contribution in [0.4, 0.5) is 11.8 Å². The summed E-state index contributed by atoms with van der Waals surface area (Å²) in [5.74, 6) is 0.253. The molecule has 0 unspecified atom stereocenters. The lowest BCUT2D eigenvalue weighted by Crippen LogP contribution is -2.27. The van der Waals surface area contributed by atoms with E-state index in [1.54, 1.807) is 19.2 Å². The number of nitrogen functional groups attached to an aromatic ring is 1. The minimum Gasteiger partial charge on any atom is -0.493 e. The summed E-state index contributed by atoms with van der Waals surface area (Å²) in [6.07, 6.45) is 0. The van der Waals surface area contributed by atoms with E-state index in [1.165, 1.54) is 16.5 Å². The van der Waals surface area contributed by atoms with Crippen LogP contribution in [-0.4, -0.2) is 46.4 Å². The van der Waals surface area contributed by atoms with Crippen molar-refractivity contribution in [1.29, 1.82) is 0 Å². The van der Waals surface area contributed by atoms with Crippen molar-refractivity contribution in [2.45, 2.75) is 0 Å². The van der Waals surface area contributed by atoms with Crippen LogP contribution in [0.15, 0.2) is 12.1 Å². The van der Waals surface area contributed by atoms with E-state index in [2.05, 4.69) is 10.1 Å². The Balaban J connectivity index is 2.55. The molecule has 3 N–H and O–H groups in total. The van der Waals surface area contributed by atoms with Crippen molar-refractivity contribution in [3.8, 4) is 5.75 Å². The van der Waals surface area contributed by atoms with Gasteiger partial charge < -0.3 is 20.5 Å². The Kier molecular flexibility index (Phi) is 2.92. The Morgan fingerprint density at radius 1 is 1.61 bits per heavy atom. The number of aromatic nitrogens is 3. The van der Waals surface area contributed by atoms with Crippen LogP contribution >= 0.6 is 0 Å². The van der Waals surface area contributed by atoms with Gasteiger partial charge in [-0.25, -0.2) is 0 Å². The maximum Gasteiger partial charge on any atom is 0.323 e. The number of nitrogens with zero attached hydrogens (tertiary/aromatic N) is 4. The van der Waals surface area contributed by atoms with Crippen LogP contribution in [0.25, 0.3) is 5.65 Å². The normalized spacial score (nSPS) is 10.6. The van der Waals surface area contributed by atoms with Gasteiger partial charge in [-0.2, -0.15) is 9.50 Å². The van der Waals surface area contributed by atoms with Crippen LogP contribution in [0.2, 0.25) is 0 Å². The maximum absolute atomic E-state index is 10.7. The van der Waals surface area contributed by atoms with Crippen LogP contribution < -0.4 is 15.4 Å². The zero-order chi connectivity index (χ0) is 13.3. The van der Waals surface area contributed by atoms with E-state index < -0.39 is 5.97 Å². The van der Waals surface area contributed by atoms with Crippen LogP contribution in [0.1, 0.15) is 0 Å². The number of carboxylic acid groups (broad SMARTS) is 1. The number of likely N-dealkylation sites (N-methyl/N-ethyl adjacent to an activating group) is 1. The Morgan fingerprint density at radius 2 is 2.33 bits per heavy atom. The summed E-state index contributed by atoms with van der Waals surface area (Å²) in [4.78, 5) is 16.3. The molecule has 0 radical (unpaired) electrons. The molecular weight excluding hydrogens is 238 g/mol. The zero-order valence-corrected chi connectivity index (χ0v) is 9.99. The minimum atomic E-state index is -0.936. The first-order chi connectivity index (χ1) is 8.52. The van der Waals surface area contributed by atoms with Crippen molar-refractivity contribution in [3.05, 3.63) is 12.1 Å². The van der Waals surface area contributed by atoms with E-state index in [-0.39, 0.29) is 12.5 Å². The fourth-order valence-electron chi connectivity index (χ4n) is 1.67. The largest absolute Gasteiger partial charge is 0.493 e. The predicted octanol–water partition coefficient (Wildman–Crippen LogP) is -0.159. The second kappa shape index (κ2) is 4.40. The standard InChI is InChI=1S/C10H13N5O3/c1-14(5-8(16)17)7-4-3-6(18-2)9-12-10(11)13-15(7)9/h3-4H,5H2,1-2H3,(H2,11,13)(H,16,17). The summed E-state index contributed by atoms with van der Waals surface area (Å²) in [7, 11) is 3.16. The summed E-state index contributed by atoms with van der Waals surface area (Å²) in [6, 6.07) is 3.39. The third kappa shape index (κ3) is 1.99. The molecule has 0 fully saturated rings. The molecule has 2 aromatic heterocycles. The highest BCUT2D eigenvalue weighted by Gasteiger charge is 2.15. The molecule has 0 aliphatic heterocycles. The van der Waals surface area contributed by atoms with Gasteiger partial charge >= 0.3 is 5.97 Å². The quantitative estimate of drug-likeness (QED) is 0.777. The predicted molar refractivity (Wildman–Crippen MR) is 64.9 cm³/mol. The SMILES string of the molecule is COc1ccc(N(C)CC(=O)O)n2nc(N)nc12. The molecule has 0 bridgehead atoms. The lowest BCUT2D eigenvalue weighted by Gasteiger charge is -2.17. The van der Waals surface area contributed by atoms with Gasteiger partial charge in [0.25, 0.3) is 0 Å². The first-order valence-electron chi connectivity index (χ1n) is 5.15. The highest BCUT2D eigenvalue weighted by Crippen LogP contribution is 2.24. The molecule has 0 spiro atoms. The van der Waals surface area contributed by atoms with Gasteiger partial charge in [-0.05, 0) is 12.1 Å². The van der Waals surface area contributed by atoms with Gasteiger partial charge in [-0.1, -0.05) is 0 Å². The second-order valence-electron chi connectivity index (χ2n) is 3.72. The van der Waals surface area contributed by atoms with Gasteiger partial charge in [-0.3, -0.25) is 4.79 Å². The van der Waals surface area contributed by atoms with Gasteiger partial charge in [0.15, 0.2) is 5.75 Å². The van der Waals surface area contributed by atoms with E-state index in [0.29, 0.717) is 17.2 Å². The van der Waals surface area contributed by atoms with Crippen LogP contribution in [0.3, 0.4) is 0 Å². The molecule has 2 heterocycles. The van der Waals surface area contributed by atoms with Crippen molar-refractivity contribution in [3.63, 3.8) is 0 Å². The Morgan fingerprint density at radius 3 is 2.94 bits per heavy atom. The summed E-state index contributed by atoms with van der Waals surface area (Å²) in [6.45, 7) is -0.152. The third-order valence-electron chi connectivity index (χ3n) is 2.43. The molecule has 8 heteroatoms. The smallest absolute Gasteiger partial charge is 0.323 e. The Hall–Kier alpha value is -2.51. The molecule has 2 aromatic rings. The summed E-state index contributed by atoms with van der Waals surface area (Å²) in [5, 5.41) is 12.8. The summed E-state index contributed by atoms with van der Waals surface area (Å²) in [5.41, 5.74) is 6.00. The van der Waals surface area contributed by atoms with Crippen molar-refractivity contribution < 1.29 is 14.6 Å². The van der Waals surface area contributed by atoms with Gasteiger partial charge in [-0.15, -0.1) is 5.10 Å². The molecule has 0 saturated heterocycles. The average Bonchev–Trinajstić information content (AvgIpc) is 2.67. The molecule has 0 amide bonds. The number of rotatable bonds is 4. The van der Waals surface area contributed by atoms with Gasteiger partial charge in [0.05, 0.1) is 7.11 Å². The monoisotopic (exact) mass is 251 g/mol.